The van der Waals surface area contributed by atoms with Crippen molar-refractivity contribution in [3.8, 4) is 0 Å². The van der Waals surface area contributed by atoms with Gasteiger partial charge in [-0.05, 0) is 71.2 Å². The Balaban J connectivity index is 1.40. The number of fused-ring (bicyclic) bond motifs is 2. The van der Waals surface area contributed by atoms with E-state index in [1.807, 2.05) is 0 Å². The summed E-state index contributed by atoms with van der Waals surface area (Å²) in [5.74, 6) is -0.523. The molecule has 35 heavy (non-hydrogen) atoms. The third-order valence-corrected chi connectivity index (χ3v) is 7.22. The first-order chi connectivity index (χ1) is 17.2. The van der Waals surface area contributed by atoms with Crippen molar-refractivity contribution in [3.63, 3.8) is 0 Å². The van der Waals surface area contributed by atoms with Crippen molar-refractivity contribution in [3.05, 3.63) is 101 Å². The van der Waals surface area contributed by atoms with Crippen LogP contribution in [0.25, 0.3) is 17.0 Å². The quantitative estimate of drug-likeness (QED) is 0.153. The van der Waals surface area contributed by atoms with Crippen LogP contribution in [0.2, 0.25) is 0 Å². The van der Waals surface area contributed by atoms with Crippen molar-refractivity contribution in [2.75, 3.05) is 6.54 Å². The molecule has 0 fully saturated rings. The van der Waals surface area contributed by atoms with Gasteiger partial charge in [-0.25, -0.2) is 5.48 Å². The van der Waals surface area contributed by atoms with E-state index in [0.717, 1.165) is 44.3 Å². The maximum absolute atomic E-state index is 11.4. The molecule has 0 saturated heterocycles. The third kappa shape index (κ3) is 4.94. The molecule has 0 bridgehead atoms. The maximum Gasteiger partial charge on any atom is 0.267 e. The second-order valence-corrected chi connectivity index (χ2v) is 9.26. The van der Waals surface area contributed by atoms with Gasteiger partial charge >= 0.3 is 0 Å². The zero-order valence-corrected chi connectivity index (χ0v) is 20.1. The molecular weight excluding hydrogens is 436 g/mol. The maximum atomic E-state index is 11.4. The highest BCUT2D eigenvalue weighted by atomic mass is 16.5. The molecule has 2 heterocycles. The monoisotopic (exact) mass is 468 g/mol. The van der Waals surface area contributed by atoms with Gasteiger partial charge in [-0.15, -0.1) is 0 Å². The van der Waals surface area contributed by atoms with Crippen LogP contribution in [0.4, 0.5) is 0 Å². The van der Waals surface area contributed by atoms with Crippen molar-refractivity contribution >= 4 is 22.9 Å². The van der Waals surface area contributed by atoms with Crippen LogP contribution in [0.3, 0.4) is 0 Å². The van der Waals surface area contributed by atoms with Crippen LogP contribution in [-0.2, 0) is 30.6 Å². The molecule has 1 unspecified atom stereocenters. The summed E-state index contributed by atoms with van der Waals surface area (Å²) in [6.07, 6.45) is 13.6. The first-order valence-electron chi connectivity index (χ1n) is 12.3. The van der Waals surface area contributed by atoms with E-state index in [-0.39, 0.29) is 0 Å². The van der Waals surface area contributed by atoms with Crippen LogP contribution in [0.5, 0.6) is 0 Å². The Kier molecular flexibility index (Phi) is 6.84. The van der Waals surface area contributed by atoms with Gasteiger partial charge in [0.15, 0.2) is 0 Å². The van der Waals surface area contributed by atoms with Crippen LogP contribution >= 0.6 is 0 Å². The minimum Gasteiger partial charge on any atom is -0.367 e. The summed E-state index contributed by atoms with van der Waals surface area (Å²) in [5.41, 5.74) is 10.6. The van der Waals surface area contributed by atoms with Gasteiger partial charge in [-0.2, -0.15) is 0 Å². The van der Waals surface area contributed by atoms with Crippen molar-refractivity contribution in [1.82, 2.24) is 20.3 Å². The number of nitrogens with one attached hydrogen (secondary N) is 3. The smallest absolute Gasteiger partial charge is 0.267 e. The molecule has 1 atom stereocenters. The minimum absolute atomic E-state index is 0.355. The van der Waals surface area contributed by atoms with Crippen LogP contribution in [0.1, 0.15) is 52.8 Å². The fourth-order valence-electron chi connectivity index (χ4n) is 5.38. The van der Waals surface area contributed by atoms with Gasteiger partial charge in [-0.3, -0.25) is 14.9 Å². The van der Waals surface area contributed by atoms with Gasteiger partial charge in [-0.1, -0.05) is 43.3 Å². The first kappa shape index (κ1) is 23.1. The normalized spacial score (nSPS) is 15.3. The van der Waals surface area contributed by atoms with Crippen LogP contribution in [0.15, 0.2) is 67.1 Å². The molecule has 180 valence electrons. The van der Waals surface area contributed by atoms with E-state index < -0.39 is 5.91 Å². The van der Waals surface area contributed by atoms with Crippen LogP contribution < -0.4 is 5.48 Å². The number of H-pyrrole nitrogens is 2. The van der Waals surface area contributed by atoms with Gasteiger partial charge < -0.3 is 9.97 Å². The van der Waals surface area contributed by atoms with Gasteiger partial charge in [0.25, 0.3) is 5.91 Å². The molecule has 0 aliphatic heterocycles. The number of carbonyl (C=O) groups excluding carboxylic acids is 1. The number of aromatic amines is 2. The molecule has 0 spiro atoms. The van der Waals surface area contributed by atoms with Crippen molar-refractivity contribution in [2.45, 2.75) is 45.2 Å². The Bertz CT molecular complexity index is 1350. The Morgan fingerprint density at radius 3 is 2.86 bits per heavy atom. The number of carbonyl (C=O) groups is 1. The second kappa shape index (κ2) is 10.3. The summed E-state index contributed by atoms with van der Waals surface area (Å²) in [6, 6.07) is 15.3. The predicted molar refractivity (Wildman–Crippen MR) is 139 cm³/mol. The Morgan fingerprint density at radius 2 is 2.00 bits per heavy atom. The molecule has 0 radical (unpaired) electrons. The molecule has 1 aliphatic rings. The fourth-order valence-corrected chi connectivity index (χ4v) is 5.38. The largest absolute Gasteiger partial charge is 0.367 e. The van der Waals surface area contributed by atoms with Crippen molar-refractivity contribution in [1.29, 1.82) is 0 Å². The van der Waals surface area contributed by atoms with Crippen LogP contribution in [-0.4, -0.2) is 32.5 Å². The Hall–Kier alpha value is -3.61. The zero-order valence-electron chi connectivity index (χ0n) is 20.1. The van der Waals surface area contributed by atoms with E-state index in [1.165, 1.54) is 44.8 Å². The van der Waals surface area contributed by atoms with Gasteiger partial charge in [0.2, 0.25) is 0 Å². The average Bonchev–Trinajstić information content (AvgIpc) is 3.63. The Labute approximate surface area is 205 Å². The molecule has 6 heteroatoms. The molecule has 0 saturated carbocycles. The fraction of sp³-hybridized carbons (Fsp3) is 0.276. The lowest BCUT2D eigenvalue weighted by Gasteiger charge is -2.30. The van der Waals surface area contributed by atoms with E-state index in [0.29, 0.717) is 6.04 Å². The number of aryl methyl sites for hydroxylation is 2. The highest BCUT2D eigenvalue weighted by Crippen LogP contribution is 2.38. The minimum atomic E-state index is -0.523. The average molecular weight is 469 g/mol. The van der Waals surface area contributed by atoms with Gasteiger partial charge in [0.1, 0.15) is 0 Å². The molecular formula is C29H32N4O2. The lowest BCUT2D eigenvalue weighted by Crippen LogP contribution is -2.29. The summed E-state index contributed by atoms with van der Waals surface area (Å²) < 4.78 is 0. The summed E-state index contributed by atoms with van der Waals surface area (Å²) in [6.45, 7) is 4.09. The predicted octanol–water partition coefficient (Wildman–Crippen LogP) is 5.31. The SMILES string of the molecule is CCc1c[nH]cc1CN(CCc1c[nH]c2ccccc12)C1CCc2cc(C=CC(=O)NO)ccc21. The molecule has 2 aromatic carbocycles. The van der Waals surface area contributed by atoms with E-state index in [9.17, 15) is 4.79 Å². The summed E-state index contributed by atoms with van der Waals surface area (Å²) in [7, 11) is 0. The van der Waals surface area contributed by atoms with Crippen molar-refractivity contribution < 1.29 is 10.0 Å². The van der Waals surface area contributed by atoms with E-state index in [2.05, 4.69) is 82.8 Å². The topological polar surface area (TPSA) is 84.2 Å². The lowest BCUT2D eigenvalue weighted by molar-refractivity contribution is -0.124. The molecule has 4 aromatic rings. The third-order valence-electron chi connectivity index (χ3n) is 7.22. The highest BCUT2D eigenvalue weighted by Gasteiger charge is 2.28. The standard InChI is InChI=1S/C29H32N4O2/c1-2-21-16-30-17-24(21)19-33(14-13-23-18-31-27-6-4-3-5-25(23)27)28-11-9-22-15-20(7-10-26(22)28)8-12-29(34)32-35/h3-8,10,12,15-18,28,30-31,35H,2,9,11,13-14,19H2,1H3,(H,32,34). The van der Waals surface area contributed by atoms with E-state index >= 15 is 0 Å². The molecule has 1 amide bonds. The zero-order chi connectivity index (χ0) is 24.2. The molecule has 5 rings (SSSR count). The number of benzene rings is 2. The van der Waals surface area contributed by atoms with Crippen molar-refractivity contribution in [2.24, 2.45) is 0 Å². The summed E-state index contributed by atoms with van der Waals surface area (Å²) >= 11 is 0. The Morgan fingerprint density at radius 1 is 1.14 bits per heavy atom. The highest BCUT2D eigenvalue weighted by molar-refractivity contribution is 5.90. The number of rotatable bonds is 9. The van der Waals surface area contributed by atoms with Gasteiger partial charge in [0, 0.05) is 54.7 Å². The number of hydrogen-bond donors (Lipinski definition) is 4. The van der Waals surface area contributed by atoms with E-state index in [4.69, 9.17) is 5.21 Å². The number of nitrogens with zero attached hydrogens (tertiary/aromatic N) is 1. The molecule has 4 N–H and O–H groups in total. The lowest BCUT2D eigenvalue weighted by atomic mass is 10.0. The molecule has 2 aromatic heterocycles. The number of amides is 1. The number of hydrogen-bond acceptors (Lipinski definition) is 3. The first-order valence-corrected chi connectivity index (χ1v) is 12.3. The van der Waals surface area contributed by atoms with Crippen LogP contribution in [0, 0.1) is 0 Å². The second-order valence-electron chi connectivity index (χ2n) is 9.26. The summed E-state index contributed by atoms with van der Waals surface area (Å²) in [4.78, 5) is 20.7. The molecule has 6 nitrogen and oxygen atoms in total. The summed E-state index contributed by atoms with van der Waals surface area (Å²) in [5, 5.41) is 10.0. The number of hydroxylamine groups is 1. The van der Waals surface area contributed by atoms with Gasteiger partial charge in [0.05, 0.1) is 0 Å². The number of aromatic nitrogens is 2. The molecule has 1 aliphatic carbocycles. The van der Waals surface area contributed by atoms with E-state index in [1.54, 1.807) is 11.6 Å². The number of para-hydroxylation sites is 1.